The van der Waals surface area contributed by atoms with Gasteiger partial charge in [-0.3, -0.25) is 9.80 Å². The monoisotopic (exact) mass is 434 g/mol. The van der Waals surface area contributed by atoms with Crippen molar-refractivity contribution in [1.29, 1.82) is 0 Å². The number of hydrazone groups is 1. The number of amides is 1. The van der Waals surface area contributed by atoms with Crippen molar-refractivity contribution in [1.82, 2.24) is 15.3 Å². The zero-order valence-corrected chi connectivity index (χ0v) is 18.2. The maximum Gasteiger partial charge on any atom is 0.260 e. The summed E-state index contributed by atoms with van der Waals surface area (Å²) in [5.41, 5.74) is 1.86. The van der Waals surface area contributed by atoms with Crippen LogP contribution in [0.1, 0.15) is 42.7 Å². The minimum atomic E-state index is -0.272. The van der Waals surface area contributed by atoms with E-state index >= 15 is 0 Å². The highest BCUT2D eigenvalue weighted by Gasteiger charge is 2.20. The van der Waals surface area contributed by atoms with Crippen LogP contribution in [0.15, 0.2) is 29.5 Å². The fourth-order valence-corrected chi connectivity index (χ4v) is 3.12. The number of benzene rings is 1. The number of anilines is 2. The van der Waals surface area contributed by atoms with E-state index in [0.717, 1.165) is 18.7 Å². The fourth-order valence-electron chi connectivity index (χ4n) is 2.82. The van der Waals surface area contributed by atoms with Gasteiger partial charge in [-0.1, -0.05) is 37.0 Å². The molecule has 1 aliphatic rings. The van der Waals surface area contributed by atoms with Crippen molar-refractivity contribution >= 4 is 46.6 Å². The molecule has 154 valence electrons. The molecule has 0 aliphatic carbocycles. The Bertz CT molecular complexity index is 931. The van der Waals surface area contributed by atoms with Gasteiger partial charge in [-0.15, -0.1) is 0 Å². The second-order valence-corrected chi connectivity index (χ2v) is 8.09. The number of amidine groups is 1. The molecule has 0 saturated heterocycles. The maximum absolute atomic E-state index is 12.6. The lowest BCUT2D eigenvalue weighted by molar-refractivity contribution is 0.0975. The van der Waals surface area contributed by atoms with Crippen molar-refractivity contribution < 1.29 is 4.79 Å². The second-order valence-electron chi connectivity index (χ2n) is 7.27. The van der Waals surface area contributed by atoms with E-state index in [0.29, 0.717) is 52.0 Å². The highest BCUT2D eigenvalue weighted by Crippen LogP contribution is 2.28. The van der Waals surface area contributed by atoms with Crippen molar-refractivity contribution in [3.63, 3.8) is 0 Å². The summed E-state index contributed by atoms with van der Waals surface area (Å²) in [6, 6.07) is 5.31. The quantitative estimate of drug-likeness (QED) is 0.698. The number of aromatic nitrogens is 2. The Hall–Kier alpha value is -2.38. The number of carbonyl (C=O) groups excluding carboxylic acids is 1. The van der Waals surface area contributed by atoms with Gasteiger partial charge in [-0.25, -0.2) is 9.97 Å². The molecule has 1 aromatic carbocycles. The molecule has 1 amide bonds. The Morgan fingerprint density at radius 3 is 2.76 bits per heavy atom. The number of nitrogens with zero attached hydrogens (tertiary/aromatic N) is 4. The predicted octanol–water partition coefficient (Wildman–Crippen LogP) is 4.50. The molecular weight excluding hydrogens is 411 g/mol. The third kappa shape index (κ3) is 5.58. The van der Waals surface area contributed by atoms with E-state index in [-0.39, 0.29) is 5.91 Å². The van der Waals surface area contributed by atoms with Gasteiger partial charge in [0.1, 0.15) is 5.84 Å². The third-order valence-electron chi connectivity index (χ3n) is 4.49. The van der Waals surface area contributed by atoms with E-state index in [4.69, 9.17) is 23.2 Å². The standard InChI is InChI=1S/C20H24Cl2N6O/c1-12(2)6-8-23-20-24-11-15(13(3)25-20)19(29)26-18-7-9-28(27-18)14-4-5-16(21)17(22)10-14/h4-5,10-12H,6-9H2,1-3H3,(H,23,24,25)(H,26,27,29). The minimum Gasteiger partial charge on any atom is -0.354 e. The van der Waals surface area contributed by atoms with Crippen LogP contribution in [-0.2, 0) is 0 Å². The average molecular weight is 435 g/mol. The van der Waals surface area contributed by atoms with Gasteiger partial charge in [0.25, 0.3) is 5.91 Å². The van der Waals surface area contributed by atoms with Crippen LogP contribution in [0.5, 0.6) is 0 Å². The Kier molecular flexibility index (Phi) is 6.92. The van der Waals surface area contributed by atoms with E-state index in [2.05, 4.69) is 39.6 Å². The summed E-state index contributed by atoms with van der Waals surface area (Å²) < 4.78 is 0. The molecule has 0 saturated carbocycles. The first-order valence-electron chi connectivity index (χ1n) is 9.52. The lowest BCUT2D eigenvalue weighted by Crippen LogP contribution is -2.30. The van der Waals surface area contributed by atoms with E-state index in [1.807, 2.05) is 6.07 Å². The zero-order chi connectivity index (χ0) is 21.0. The molecule has 2 N–H and O–H groups in total. The van der Waals surface area contributed by atoms with Gasteiger partial charge in [0, 0.05) is 25.7 Å². The Labute approximate surface area is 180 Å². The summed E-state index contributed by atoms with van der Waals surface area (Å²) in [4.78, 5) is 21.3. The summed E-state index contributed by atoms with van der Waals surface area (Å²) in [7, 11) is 0. The highest BCUT2D eigenvalue weighted by molar-refractivity contribution is 6.42. The average Bonchev–Trinajstić information content (AvgIpc) is 3.12. The topological polar surface area (TPSA) is 82.5 Å². The lowest BCUT2D eigenvalue weighted by atomic mass is 10.1. The highest BCUT2D eigenvalue weighted by atomic mass is 35.5. The van der Waals surface area contributed by atoms with Gasteiger partial charge in [0.2, 0.25) is 5.95 Å². The number of halogens is 2. The van der Waals surface area contributed by atoms with Crippen LogP contribution in [0.3, 0.4) is 0 Å². The Morgan fingerprint density at radius 1 is 1.28 bits per heavy atom. The van der Waals surface area contributed by atoms with Crippen LogP contribution in [0.4, 0.5) is 11.6 Å². The number of carbonyl (C=O) groups is 1. The molecular formula is C20H24Cl2N6O. The largest absolute Gasteiger partial charge is 0.354 e. The number of nitrogens with one attached hydrogen (secondary N) is 2. The molecule has 0 unspecified atom stereocenters. The SMILES string of the molecule is Cc1nc(NCCC(C)C)ncc1C(=O)NC1=NN(c2ccc(Cl)c(Cl)c2)CC1. The fraction of sp³-hybridized carbons (Fsp3) is 0.400. The van der Waals surface area contributed by atoms with Gasteiger partial charge in [0.05, 0.1) is 27.0 Å². The predicted molar refractivity (Wildman–Crippen MR) is 118 cm³/mol. The minimum absolute atomic E-state index is 0.272. The third-order valence-corrected chi connectivity index (χ3v) is 5.23. The van der Waals surface area contributed by atoms with E-state index in [1.165, 1.54) is 0 Å². The molecule has 0 fully saturated rings. The van der Waals surface area contributed by atoms with Crippen LogP contribution in [-0.4, -0.2) is 34.8 Å². The van der Waals surface area contributed by atoms with E-state index < -0.39 is 0 Å². The van der Waals surface area contributed by atoms with Crippen molar-refractivity contribution in [2.24, 2.45) is 11.0 Å². The van der Waals surface area contributed by atoms with Crippen molar-refractivity contribution in [2.45, 2.75) is 33.6 Å². The molecule has 0 atom stereocenters. The molecule has 3 rings (SSSR count). The van der Waals surface area contributed by atoms with Crippen molar-refractivity contribution in [3.8, 4) is 0 Å². The summed E-state index contributed by atoms with van der Waals surface area (Å²) in [5.74, 6) is 1.44. The summed E-state index contributed by atoms with van der Waals surface area (Å²) in [5, 5.41) is 13.2. The molecule has 0 radical (unpaired) electrons. The van der Waals surface area contributed by atoms with Gasteiger partial charge >= 0.3 is 0 Å². The normalized spacial score (nSPS) is 13.6. The second kappa shape index (κ2) is 9.41. The van der Waals surface area contributed by atoms with Gasteiger partial charge in [0.15, 0.2) is 0 Å². The molecule has 0 bridgehead atoms. The smallest absolute Gasteiger partial charge is 0.260 e. The molecule has 7 nitrogen and oxygen atoms in total. The Morgan fingerprint density at radius 2 is 2.07 bits per heavy atom. The van der Waals surface area contributed by atoms with E-state index in [9.17, 15) is 4.79 Å². The van der Waals surface area contributed by atoms with Crippen molar-refractivity contribution in [3.05, 3.63) is 45.7 Å². The van der Waals surface area contributed by atoms with Gasteiger partial charge in [-0.05, 0) is 37.5 Å². The van der Waals surface area contributed by atoms with Crippen molar-refractivity contribution in [2.75, 3.05) is 23.4 Å². The summed E-state index contributed by atoms with van der Waals surface area (Å²) in [6.45, 7) is 7.56. The Balaban J connectivity index is 1.63. The lowest BCUT2D eigenvalue weighted by Gasteiger charge is -2.13. The molecule has 2 aromatic rings. The van der Waals surface area contributed by atoms with Crippen LogP contribution >= 0.6 is 23.2 Å². The molecule has 0 spiro atoms. The molecule has 9 heteroatoms. The van der Waals surface area contributed by atoms with Gasteiger partial charge in [-0.2, -0.15) is 5.10 Å². The summed E-state index contributed by atoms with van der Waals surface area (Å²) >= 11 is 12.0. The first-order valence-corrected chi connectivity index (χ1v) is 10.3. The van der Waals surface area contributed by atoms with Crippen LogP contribution < -0.4 is 15.6 Å². The molecule has 1 aliphatic heterocycles. The van der Waals surface area contributed by atoms with E-state index in [1.54, 1.807) is 30.3 Å². The molecule has 29 heavy (non-hydrogen) atoms. The van der Waals surface area contributed by atoms with Gasteiger partial charge < -0.3 is 10.6 Å². The first-order chi connectivity index (χ1) is 13.8. The maximum atomic E-state index is 12.6. The zero-order valence-electron chi connectivity index (χ0n) is 16.7. The number of aryl methyl sites for hydroxylation is 1. The van der Waals surface area contributed by atoms with Crippen LogP contribution in [0.2, 0.25) is 10.0 Å². The number of hydrogen-bond acceptors (Lipinski definition) is 6. The first kappa shape index (κ1) is 21.3. The molecule has 1 aromatic heterocycles. The summed E-state index contributed by atoms with van der Waals surface area (Å²) in [6.07, 6.45) is 3.18. The number of hydrogen-bond donors (Lipinski definition) is 2. The van der Waals surface area contributed by atoms with Crippen LogP contribution in [0, 0.1) is 12.8 Å². The molecule has 2 heterocycles. The number of rotatable bonds is 6. The van der Waals surface area contributed by atoms with Crippen LogP contribution in [0.25, 0.3) is 0 Å².